The van der Waals surface area contributed by atoms with Crippen molar-refractivity contribution in [2.24, 2.45) is 5.92 Å². The molecule has 2 saturated heterocycles. The molecule has 0 spiro atoms. The first-order chi connectivity index (χ1) is 15.1. The van der Waals surface area contributed by atoms with Crippen LogP contribution in [0.15, 0.2) is 53.5 Å². The molecule has 1 aromatic heterocycles. The van der Waals surface area contributed by atoms with Crippen LogP contribution in [-0.2, 0) is 17.8 Å². The van der Waals surface area contributed by atoms with E-state index in [2.05, 4.69) is 45.1 Å². The Balaban J connectivity index is 1.40. The summed E-state index contributed by atoms with van der Waals surface area (Å²) in [5.74, 6) is 0.817. The Labute approximate surface area is 184 Å². The molecule has 0 aliphatic carbocycles. The number of nitrogens with zero attached hydrogens (tertiary/aromatic N) is 3. The molecular weight excluding hydrogens is 388 g/mol. The van der Waals surface area contributed by atoms with E-state index in [0.29, 0.717) is 12.0 Å². The summed E-state index contributed by atoms with van der Waals surface area (Å²) in [4.78, 5) is 33.6. The first-order valence-corrected chi connectivity index (χ1v) is 11.5. The molecule has 4 rings (SSSR count). The van der Waals surface area contributed by atoms with Crippen LogP contribution in [-0.4, -0.2) is 70.9 Å². The van der Waals surface area contributed by atoms with Crippen molar-refractivity contribution >= 4 is 5.91 Å². The number of likely N-dealkylation sites (tertiary alicyclic amines) is 1. The molecular formula is C25H34N4O2. The van der Waals surface area contributed by atoms with Gasteiger partial charge in [-0.15, -0.1) is 0 Å². The predicted molar refractivity (Wildman–Crippen MR) is 123 cm³/mol. The van der Waals surface area contributed by atoms with Crippen LogP contribution in [0.3, 0.4) is 0 Å². The Morgan fingerprint density at radius 3 is 2.35 bits per heavy atom. The lowest BCUT2D eigenvalue weighted by atomic mass is 9.84. The molecule has 6 heteroatoms. The normalized spacial score (nSPS) is 20.0. The molecule has 1 amide bonds. The topological polar surface area (TPSA) is 59.7 Å². The highest BCUT2D eigenvalue weighted by Crippen LogP contribution is 2.28. The molecule has 3 heterocycles. The molecule has 6 nitrogen and oxygen atoms in total. The van der Waals surface area contributed by atoms with Gasteiger partial charge >= 0.3 is 0 Å². The molecule has 1 atom stereocenters. The van der Waals surface area contributed by atoms with E-state index in [1.165, 1.54) is 5.56 Å². The summed E-state index contributed by atoms with van der Waals surface area (Å²) in [5, 5.41) is 0. The largest absolute Gasteiger partial charge is 0.340 e. The molecule has 2 fully saturated rings. The first kappa shape index (κ1) is 21.8. The summed E-state index contributed by atoms with van der Waals surface area (Å²) in [6.45, 7) is 8.02. The van der Waals surface area contributed by atoms with Gasteiger partial charge in [0.25, 0.3) is 5.56 Å². The highest BCUT2D eigenvalue weighted by atomic mass is 16.2. The van der Waals surface area contributed by atoms with Gasteiger partial charge in [0.1, 0.15) is 0 Å². The van der Waals surface area contributed by atoms with Gasteiger partial charge in [-0.05, 0) is 49.9 Å². The number of carbonyl (C=O) groups excluding carboxylic acids is 1. The fraction of sp³-hybridized carbons (Fsp3) is 0.520. The van der Waals surface area contributed by atoms with Crippen LogP contribution >= 0.6 is 0 Å². The van der Waals surface area contributed by atoms with Crippen LogP contribution in [0.25, 0.3) is 0 Å². The van der Waals surface area contributed by atoms with Crippen LogP contribution in [0.2, 0.25) is 0 Å². The van der Waals surface area contributed by atoms with Gasteiger partial charge < -0.3 is 9.88 Å². The van der Waals surface area contributed by atoms with Gasteiger partial charge in [-0.2, -0.15) is 0 Å². The summed E-state index contributed by atoms with van der Waals surface area (Å²) < 4.78 is 0. The first-order valence-electron chi connectivity index (χ1n) is 11.5. The zero-order valence-electron chi connectivity index (χ0n) is 18.5. The fourth-order valence-electron chi connectivity index (χ4n) is 5.14. The monoisotopic (exact) mass is 422 g/mol. The van der Waals surface area contributed by atoms with E-state index in [9.17, 15) is 9.59 Å². The van der Waals surface area contributed by atoms with Crippen LogP contribution in [0.4, 0.5) is 0 Å². The number of piperidine rings is 1. The number of aromatic amines is 1. The lowest BCUT2D eigenvalue weighted by Crippen LogP contribution is -2.55. The maximum atomic E-state index is 12.0. The lowest BCUT2D eigenvalue weighted by molar-refractivity contribution is -0.131. The van der Waals surface area contributed by atoms with Gasteiger partial charge in [0.05, 0.1) is 0 Å². The van der Waals surface area contributed by atoms with Crippen molar-refractivity contribution in [3.8, 4) is 0 Å². The Bertz CT molecular complexity index is 897. The molecule has 1 aromatic carbocycles. The highest BCUT2D eigenvalue weighted by Gasteiger charge is 2.33. The van der Waals surface area contributed by atoms with Crippen molar-refractivity contribution in [3.63, 3.8) is 0 Å². The molecule has 2 aliphatic heterocycles. The van der Waals surface area contributed by atoms with Gasteiger partial charge in [0, 0.05) is 57.4 Å². The van der Waals surface area contributed by atoms with Gasteiger partial charge in [-0.25, -0.2) is 0 Å². The standard InChI is InChI=1S/C25H34N4O2/c1-20(30)28-14-16-29(17-15-28)24(18-21-6-3-2-4-7-21)22-9-12-27(13-10-22)19-23-8-5-11-26-25(23)31/h2-8,11,22,24H,9-10,12-19H2,1H3,(H,26,31). The third-order valence-corrected chi connectivity index (χ3v) is 6.99. The Morgan fingerprint density at radius 2 is 1.71 bits per heavy atom. The maximum absolute atomic E-state index is 12.0. The van der Waals surface area contributed by atoms with Crippen molar-refractivity contribution in [2.75, 3.05) is 39.3 Å². The predicted octanol–water partition coefficient (Wildman–Crippen LogP) is 2.36. The zero-order chi connectivity index (χ0) is 21.6. The molecule has 2 aliphatic rings. The number of hydrogen-bond donors (Lipinski definition) is 1. The van der Waals surface area contributed by atoms with Gasteiger partial charge in [0.15, 0.2) is 0 Å². The smallest absolute Gasteiger partial charge is 0.252 e. The van der Waals surface area contributed by atoms with E-state index in [0.717, 1.165) is 70.6 Å². The average molecular weight is 423 g/mol. The van der Waals surface area contributed by atoms with Crippen molar-refractivity contribution in [1.82, 2.24) is 19.7 Å². The van der Waals surface area contributed by atoms with Crippen LogP contribution in [0.1, 0.15) is 30.9 Å². The minimum Gasteiger partial charge on any atom is -0.340 e. The number of piperazine rings is 1. The van der Waals surface area contributed by atoms with Crippen LogP contribution in [0.5, 0.6) is 0 Å². The summed E-state index contributed by atoms with van der Waals surface area (Å²) >= 11 is 0. The summed E-state index contributed by atoms with van der Waals surface area (Å²) in [6, 6.07) is 15.1. The molecule has 31 heavy (non-hydrogen) atoms. The minimum absolute atomic E-state index is 0.0231. The number of pyridine rings is 1. The number of amides is 1. The van der Waals surface area contributed by atoms with E-state index < -0.39 is 0 Å². The van der Waals surface area contributed by atoms with Crippen molar-refractivity contribution in [2.45, 2.75) is 38.8 Å². The highest BCUT2D eigenvalue weighted by molar-refractivity contribution is 5.73. The van der Waals surface area contributed by atoms with E-state index in [1.807, 2.05) is 17.0 Å². The lowest BCUT2D eigenvalue weighted by Gasteiger charge is -2.44. The second kappa shape index (κ2) is 10.2. The SMILES string of the molecule is CC(=O)N1CCN(C(Cc2ccccc2)C2CCN(Cc3ccc[nH]c3=O)CC2)CC1. The van der Waals surface area contributed by atoms with Crippen LogP contribution < -0.4 is 5.56 Å². The van der Waals surface area contributed by atoms with Crippen molar-refractivity contribution < 1.29 is 4.79 Å². The zero-order valence-corrected chi connectivity index (χ0v) is 18.5. The Kier molecular flexibility index (Phi) is 7.20. The molecule has 0 bridgehead atoms. The maximum Gasteiger partial charge on any atom is 0.252 e. The summed E-state index contributed by atoms with van der Waals surface area (Å²) in [7, 11) is 0. The van der Waals surface area contributed by atoms with Gasteiger partial charge in [0.2, 0.25) is 5.91 Å². The number of benzene rings is 1. The minimum atomic E-state index is 0.0231. The summed E-state index contributed by atoms with van der Waals surface area (Å²) in [6.07, 6.45) is 5.05. The molecule has 1 N–H and O–H groups in total. The number of H-pyrrole nitrogens is 1. The molecule has 1 unspecified atom stereocenters. The number of carbonyl (C=O) groups is 1. The second-order valence-corrected chi connectivity index (χ2v) is 8.94. The average Bonchev–Trinajstić information content (AvgIpc) is 2.80. The Hall–Kier alpha value is -2.44. The number of nitrogens with one attached hydrogen (secondary N) is 1. The number of rotatable bonds is 6. The summed E-state index contributed by atoms with van der Waals surface area (Å²) in [5.41, 5.74) is 2.26. The Morgan fingerprint density at radius 1 is 1.00 bits per heavy atom. The molecule has 0 radical (unpaired) electrons. The molecule has 166 valence electrons. The third-order valence-electron chi connectivity index (χ3n) is 6.99. The second-order valence-electron chi connectivity index (χ2n) is 8.94. The molecule has 2 aromatic rings. The van der Waals surface area contributed by atoms with Gasteiger partial charge in [-0.1, -0.05) is 36.4 Å². The quantitative estimate of drug-likeness (QED) is 0.777. The van der Waals surface area contributed by atoms with E-state index in [1.54, 1.807) is 13.1 Å². The fourth-order valence-corrected chi connectivity index (χ4v) is 5.14. The van der Waals surface area contributed by atoms with Gasteiger partial charge in [-0.3, -0.25) is 19.4 Å². The molecule has 0 saturated carbocycles. The van der Waals surface area contributed by atoms with E-state index >= 15 is 0 Å². The van der Waals surface area contributed by atoms with Crippen molar-refractivity contribution in [3.05, 3.63) is 70.1 Å². The number of aromatic nitrogens is 1. The van der Waals surface area contributed by atoms with Crippen molar-refractivity contribution in [1.29, 1.82) is 0 Å². The number of hydrogen-bond acceptors (Lipinski definition) is 4. The van der Waals surface area contributed by atoms with E-state index in [4.69, 9.17) is 0 Å². The third kappa shape index (κ3) is 5.63. The van der Waals surface area contributed by atoms with E-state index in [-0.39, 0.29) is 11.5 Å². The van der Waals surface area contributed by atoms with Crippen LogP contribution in [0, 0.1) is 5.92 Å².